The molecule has 1 rings (SSSR count). The van der Waals surface area contributed by atoms with E-state index < -0.39 is 6.10 Å². The third-order valence-corrected chi connectivity index (χ3v) is 3.11. The number of carbonyl (C=O) groups excluding carboxylic acids is 1. The van der Waals surface area contributed by atoms with Gasteiger partial charge in [-0.05, 0) is 26.3 Å². The fourth-order valence-corrected chi connectivity index (χ4v) is 2.24. The third-order valence-electron chi connectivity index (χ3n) is 3.11. The first-order valence-electron chi connectivity index (χ1n) is 6.84. The molecule has 0 amide bonds. The molecule has 0 spiro atoms. The van der Waals surface area contributed by atoms with Crippen LogP contribution >= 0.6 is 0 Å². The molecule has 6 heteroatoms. The van der Waals surface area contributed by atoms with Crippen molar-refractivity contribution in [2.24, 2.45) is 0 Å². The molecular formula is C13H25NO5. The minimum Gasteiger partial charge on any atom is -0.465 e. The second kappa shape index (κ2) is 9.25. The van der Waals surface area contributed by atoms with Crippen LogP contribution in [0.1, 0.15) is 19.8 Å². The Labute approximate surface area is 114 Å². The second-order valence-electron chi connectivity index (χ2n) is 4.63. The number of ether oxygens (including phenoxy) is 3. The smallest absolute Gasteiger partial charge is 0.323 e. The Morgan fingerprint density at radius 2 is 2.26 bits per heavy atom. The predicted octanol–water partition coefficient (Wildman–Crippen LogP) is 0.0378. The zero-order chi connectivity index (χ0) is 14.1. The largest absolute Gasteiger partial charge is 0.465 e. The molecule has 1 heterocycles. The first-order chi connectivity index (χ1) is 9.19. The number of carbonyl (C=O) groups is 1. The Balaban J connectivity index is 2.27. The summed E-state index contributed by atoms with van der Waals surface area (Å²) in [7, 11) is 1.61. The van der Waals surface area contributed by atoms with E-state index in [1.165, 1.54) is 0 Å². The molecule has 0 saturated carbocycles. The van der Waals surface area contributed by atoms with Crippen molar-refractivity contribution >= 4 is 5.97 Å². The Hall–Kier alpha value is -0.690. The first-order valence-corrected chi connectivity index (χ1v) is 6.84. The van der Waals surface area contributed by atoms with Gasteiger partial charge < -0.3 is 19.3 Å². The van der Waals surface area contributed by atoms with Crippen LogP contribution < -0.4 is 0 Å². The van der Waals surface area contributed by atoms with Gasteiger partial charge >= 0.3 is 5.97 Å². The van der Waals surface area contributed by atoms with Crippen molar-refractivity contribution in [2.75, 3.05) is 46.6 Å². The number of rotatable bonds is 9. The fourth-order valence-electron chi connectivity index (χ4n) is 2.24. The molecule has 19 heavy (non-hydrogen) atoms. The average molecular weight is 275 g/mol. The lowest BCUT2D eigenvalue weighted by molar-refractivity contribution is -0.149. The van der Waals surface area contributed by atoms with Crippen molar-refractivity contribution in [3.63, 3.8) is 0 Å². The number of esters is 1. The number of nitrogens with zero attached hydrogens (tertiary/aromatic N) is 1. The molecule has 1 aliphatic heterocycles. The lowest BCUT2D eigenvalue weighted by atomic mass is 10.2. The molecule has 1 N–H and O–H groups in total. The molecule has 0 bridgehead atoms. The van der Waals surface area contributed by atoms with Crippen LogP contribution in [0.3, 0.4) is 0 Å². The Kier molecular flexibility index (Phi) is 7.97. The molecular weight excluding hydrogens is 250 g/mol. The minimum atomic E-state index is -0.591. The number of methoxy groups -OCH3 is 1. The number of aliphatic hydroxyl groups excluding tert-OH is 1. The van der Waals surface area contributed by atoms with Crippen LogP contribution in [0.25, 0.3) is 0 Å². The van der Waals surface area contributed by atoms with E-state index in [1.54, 1.807) is 14.0 Å². The average Bonchev–Trinajstić information content (AvgIpc) is 2.83. The summed E-state index contributed by atoms with van der Waals surface area (Å²) in [4.78, 5) is 13.7. The van der Waals surface area contributed by atoms with Crippen molar-refractivity contribution in [3.05, 3.63) is 0 Å². The van der Waals surface area contributed by atoms with Gasteiger partial charge in [-0.15, -0.1) is 0 Å². The van der Waals surface area contributed by atoms with Crippen LogP contribution in [-0.2, 0) is 19.0 Å². The summed E-state index contributed by atoms with van der Waals surface area (Å²) in [5.74, 6) is -0.187. The lowest BCUT2D eigenvalue weighted by Crippen LogP contribution is -2.42. The number of hydrogen-bond donors (Lipinski definition) is 1. The highest BCUT2D eigenvalue weighted by Gasteiger charge is 2.32. The quantitative estimate of drug-likeness (QED) is 0.473. The van der Waals surface area contributed by atoms with Crippen molar-refractivity contribution < 1.29 is 24.1 Å². The van der Waals surface area contributed by atoms with E-state index in [0.29, 0.717) is 26.4 Å². The van der Waals surface area contributed by atoms with Crippen molar-refractivity contribution in [2.45, 2.75) is 31.9 Å². The molecule has 112 valence electrons. The summed E-state index contributed by atoms with van der Waals surface area (Å²) in [5.41, 5.74) is 0. The van der Waals surface area contributed by atoms with E-state index in [1.807, 2.05) is 4.90 Å². The van der Waals surface area contributed by atoms with E-state index in [4.69, 9.17) is 14.2 Å². The maximum atomic E-state index is 11.7. The van der Waals surface area contributed by atoms with Crippen LogP contribution in [0.2, 0.25) is 0 Å². The van der Waals surface area contributed by atoms with E-state index in [-0.39, 0.29) is 18.6 Å². The maximum Gasteiger partial charge on any atom is 0.323 e. The van der Waals surface area contributed by atoms with Gasteiger partial charge in [0.05, 0.1) is 32.5 Å². The molecule has 0 aromatic heterocycles. The Bertz CT molecular complexity index is 261. The van der Waals surface area contributed by atoms with E-state index in [9.17, 15) is 9.90 Å². The van der Waals surface area contributed by atoms with Gasteiger partial charge in [0.15, 0.2) is 0 Å². The number of β-amino-alcohol motifs (C(OH)–C–C–N with tert-alkyl or cyclic N) is 1. The number of aliphatic hydroxyl groups is 1. The molecule has 2 unspecified atom stereocenters. The molecule has 0 aromatic carbocycles. The second-order valence-corrected chi connectivity index (χ2v) is 4.63. The van der Waals surface area contributed by atoms with E-state index >= 15 is 0 Å². The van der Waals surface area contributed by atoms with Crippen molar-refractivity contribution in [1.82, 2.24) is 4.90 Å². The lowest BCUT2D eigenvalue weighted by Gasteiger charge is -2.25. The summed E-state index contributed by atoms with van der Waals surface area (Å²) in [5, 5.41) is 9.88. The monoisotopic (exact) mass is 275 g/mol. The van der Waals surface area contributed by atoms with Crippen LogP contribution in [-0.4, -0.2) is 74.7 Å². The molecule has 1 saturated heterocycles. The predicted molar refractivity (Wildman–Crippen MR) is 69.9 cm³/mol. The van der Waals surface area contributed by atoms with Gasteiger partial charge in [-0.2, -0.15) is 0 Å². The number of likely N-dealkylation sites (tertiary alicyclic amines) is 1. The topological polar surface area (TPSA) is 68.2 Å². The van der Waals surface area contributed by atoms with Gasteiger partial charge in [0.2, 0.25) is 0 Å². The summed E-state index contributed by atoms with van der Waals surface area (Å²) < 4.78 is 15.2. The fraction of sp³-hybridized carbons (Fsp3) is 0.923. The molecule has 2 atom stereocenters. The van der Waals surface area contributed by atoms with Crippen LogP contribution in [0.5, 0.6) is 0 Å². The normalized spacial score (nSPS) is 21.5. The van der Waals surface area contributed by atoms with Gasteiger partial charge in [-0.3, -0.25) is 9.69 Å². The zero-order valence-electron chi connectivity index (χ0n) is 11.8. The van der Waals surface area contributed by atoms with Crippen LogP contribution in [0.15, 0.2) is 0 Å². The highest BCUT2D eigenvalue weighted by Crippen LogP contribution is 2.18. The number of hydrogen-bond acceptors (Lipinski definition) is 6. The van der Waals surface area contributed by atoms with Gasteiger partial charge in [-0.25, -0.2) is 0 Å². The molecule has 1 fully saturated rings. The van der Waals surface area contributed by atoms with Crippen molar-refractivity contribution in [1.29, 1.82) is 0 Å². The van der Waals surface area contributed by atoms with Crippen molar-refractivity contribution in [3.8, 4) is 0 Å². The van der Waals surface area contributed by atoms with Gasteiger partial charge in [-0.1, -0.05) is 0 Å². The van der Waals surface area contributed by atoms with Crippen LogP contribution in [0.4, 0.5) is 0 Å². The summed E-state index contributed by atoms with van der Waals surface area (Å²) in [6.07, 6.45) is 1.17. The minimum absolute atomic E-state index is 0.187. The molecule has 6 nitrogen and oxygen atoms in total. The molecule has 0 aliphatic carbocycles. The highest BCUT2D eigenvalue weighted by molar-refractivity contribution is 5.76. The third kappa shape index (κ3) is 5.86. The summed E-state index contributed by atoms with van der Waals surface area (Å²) in [6, 6.07) is -0.214. The molecule has 0 radical (unpaired) electrons. The van der Waals surface area contributed by atoms with Gasteiger partial charge in [0, 0.05) is 13.7 Å². The Morgan fingerprint density at radius 3 is 2.95 bits per heavy atom. The molecule has 1 aliphatic rings. The highest BCUT2D eigenvalue weighted by atomic mass is 16.5. The summed E-state index contributed by atoms with van der Waals surface area (Å²) in [6.45, 7) is 4.70. The first kappa shape index (κ1) is 16.4. The van der Waals surface area contributed by atoms with E-state index in [2.05, 4.69) is 0 Å². The Morgan fingerprint density at radius 1 is 1.47 bits per heavy atom. The van der Waals surface area contributed by atoms with Gasteiger partial charge in [0.1, 0.15) is 6.04 Å². The maximum absolute atomic E-state index is 11.7. The SMILES string of the molecule is CCOC(=O)C1CCCN1CC(O)COCCOC. The summed E-state index contributed by atoms with van der Waals surface area (Å²) >= 11 is 0. The zero-order valence-corrected chi connectivity index (χ0v) is 11.8. The molecule has 0 aromatic rings. The van der Waals surface area contributed by atoms with Gasteiger partial charge in [0.25, 0.3) is 0 Å². The standard InChI is InChI=1S/C13H25NO5/c1-3-19-13(16)12-5-4-6-14(12)9-11(15)10-18-8-7-17-2/h11-12,15H,3-10H2,1-2H3. The van der Waals surface area contributed by atoms with Crippen LogP contribution in [0, 0.1) is 0 Å². The van der Waals surface area contributed by atoms with E-state index in [0.717, 1.165) is 19.4 Å².